The smallest absolute Gasteiger partial charge is 0.338 e. The number of aldehydes is 1. The van der Waals surface area contributed by atoms with Gasteiger partial charge in [0, 0.05) is 5.56 Å². The summed E-state index contributed by atoms with van der Waals surface area (Å²) in [5, 5.41) is 0. The highest BCUT2D eigenvalue weighted by Crippen LogP contribution is 2.15. The number of ether oxygens (including phenoxy) is 1. The standard InChI is InChI=1S/C11H12O3/c1-7-4-8(2)10(11(13)14-3)5-9(7)6-12/h4-6H,1-3H3. The van der Waals surface area contributed by atoms with Crippen molar-refractivity contribution in [2.24, 2.45) is 0 Å². The minimum absolute atomic E-state index is 0.411. The molecule has 3 heteroatoms. The molecule has 0 unspecified atom stereocenters. The van der Waals surface area contributed by atoms with E-state index in [9.17, 15) is 9.59 Å². The molecule has 3 nitrogen and oxygen atoms in total. The summed E-state index contributed by atoms with van der Waals surface area (Å²) >= 11 is 0. The maximum Gasteiger partial charge on any atom is 0.338 e. The van der Waals surface area contributed by atoms with E-state index < -0.39 is 5.97 Å². The van der Waals surface area contributed by atoms with Crippen LogP contribution in [0.1, 0.15) is 31.8 Å². The second-order valence-electron chi connectivity index (χ2n) is 3.13. The van der Waals surface area contributed by atoms with E-state index in [0.29, 0.717) is 11.1 Å². The van der Waals surface area contributed by atoms with Gasteiger partial charge in [0.2, 0.25) is 0 Å². The van der Waals surface area contributed by atoms with E-state index in [1.807, 2.05) is 13.8 Å². The molecule has 0 atom stereocenters. The van der Waals surface area contributed by atoms with Gasteiger partial charge in [-0.05, 0) is 31.0 Å². The Morgan fingerprint density at radius 1 is 1.29 bits per heavy atom. The van der Waals surface area contributed by atoms with Crippen LogP contribution in [0.3, 0.4) is 0 Å². The molecule has 1 aromatic carbocycles. The molecule has 0 radical (unpaired) electrons. The first-order chi connectivity index (χ1) is 6.60. The van der Waals surface area contributed by atoms with Crippen LogP contribution in [0.5, 0.6) is 0 Å². The number of hydrogen-bond acceptors (Lipinski definition) is 3. The van der Waals surface area contributed by atoms with Crippen molar-refractivity contribution in [3.63, 3.8) is 0 Å². The quantitative estimate of drug-likeness (QED) is 0.531. The molecule has 0 N–H and O–H groups in total. The molecular weight excluding hydrogens is 180 g/mol. The van der Waals surface area contributed by atoms with Crippen LogP contribution in [0.4, 0.5) is 0 Å². The highest BCUT2D eigenvalue weighted by atomic mass is 16.5. The number of rotatable bonds is 2. The maximum atomic E-state index is 11.3. The summed E-state index contributed by atoms with van der Waals surface area (Å²) in [5.41, 5.74) is 2.65. The first-order valence-corrected chi connectivity index (χ1v) is 4.25. The highest BCUT2D eigenvalue weighted by Gasteiger charge is 2.11. The van der Waals surface area contributed by atoms with E-state index in [4.69, 9.17) is 0 Å². The zero-order chi connectivity index (χ0) is 10.7. The molecule has 0 amide bonds. The van der Waals surface area contributed by atoms with Crippen molar-refractivity contribution in [3.05, 3.63) is 34.4 Å². The summed E-state index contributed by atoms with van der Waals surface area (Å²) < 4.78 is 4.60. The van der Waals surface area contributed by atoms with E-state index >= 15 is 0 Å². The van der Waals surface area contributed by atoms with Gasteiger partial charge in [0.05, 0.1) is 12.7 Å². The molecule has 0 aliphatic carbocycles. The van der Waals surface area contributed by atoms with Crippen LogP contribution >= 0.6 is 0 Å². The Kier molecular flexibility index (Phi) is 3.02. The molecule has 74 valence electrons. The predicted octanol–water partition coefficient (Wildman–Crippen LogP) is 1.90. The zero-order valence-electron chi connectivity index (χ0n) is 8.46. The Morgan fingerprint density at radius 3 is 2.43 bits per heavy atom. The second-order valence-corrected chi connectivity index (χ2v) is 3.13. The van der Waals surface area contributed by atoms with Gasteiger partial charge in [-0.3, -0.25) is 4.79 Å². The van der Waals surface area contributed by atoms with E-state index in [0.717, 1.165) is 17.4 Å². The fourth-order valence-corrected chi connectivity index (χ4v) is 1.33. The average Bonchev–Trinajstić information content (AvgIpc) is 2.17. The van der Waals surface area contributed by atoms with Crippen molar-refractivity contribution in [1.82, 2.24) is 0 Å². The van der Waals surface area contributed by atoms with E-state index in [2.05, 4.69) is 4.74 Å². The monoisotopic (exact) mass is 192 g/mol. The zero-order valence-corrected chi connectivity index (χ0v) is 8.46. The van der Waals surface area contributed by atoms with Crippen LogP contribution in [0, 0.1) is 13.8 Å². The van der Waals surface area contributed by atoms with Crippen molar-refractivity contribution >= 4 is 12.3 Å². The molecule has 0 heterocycles. The van der Waals surface area contributed by atoms with Gasteiger partial charge >= 0.3 is 5.97 Å². The number of hydrogen-bond donors (Lipinski definition) is 0. The summed E-state index contributed by atoms with van der Waals surface area (Å²) in [6, 6.07) is 3.36. The summed E-state index contributed by atoms with van der Waals surface area (Å²) in [4.78, 5) is 21.9. The van der Waals surface area contributed by atoms with Crippen LogP contribution < -0.4 is 0 Å². The Balaban J connectivity index is 3.30. The SMILES string of the molecule is COC(=O)c1cc(C=O)c(C)cc1C. The average molecular weight is 192 g/mol. The predicted molar refractivity (Wildman–Crippen MR) is 52.6 cm³/mol. The molecule has 0 saturated carbocycles. The molecule has 1 aromatic rings. The second kappa shape index (κ2) is 4.05. The van der Waals surface area contributed by atoms with Gasteiger partial charge in [-0.25, -0.2) is 4.79 Å². The first kappa shape index (κ1) is 10.4. The first-order valence-electron chi connectivity index (χ1n) is 4.25. The summed E-state index contributed by atoms with van der Waals surface area (Å²) in [6.45, 7) is 3.64. The van der Waals surface area contributed by atoms with E-state index in [1.54, 1.807) is 12.1 Å². The molecule has 0 aromatic heterocycles. The summed E-state index contributed by atoms with van der Waals surface area (Å²) in [6.07, 6.45) is 0.737. The van der Waals surface area contributed by atoms with Crippen LogP contribution in [-0.4, -0.2) is 19.4 Å². The van der Waals surface area contributed by atoms with Gasteiger partial charge in [0.15, 0.2) is 0 Å². The molecule has 0 bridgehead atoms. The number of carbonyl (C=O) groups excluding carboxylic acids is 2. The molecule has 1 rings (SSSR count). The van der Waals surface area contributed by atoms with Crippen LogP contribution in [0.15, 0.2) is 12.1 Å². The molecule has 0 aliphatic heterocycles. The number of benzene rings is 1. The third-order valence-electron chi connectivity index (χ3n) is 2.15. The van der Waals surface area contributed by atoms with Crippen molar-refractivity contribution in [2.45, 2.75) is 13.8 Å². The van der Waals surface area contributed by atoms with Crippen LogP contribution in [0.25, 0.3) is 0 Å². The lowest BCUT2D eigenvalue weighted by Crippen LogP contribution is -2.05. The van der Waals surface area contributed by atoms with E-state index in [1.165, 1.54) is 7.11 Å². The van der Waals surface area contributed by atoms with Crippen LogP contribution in [-0.2, 0) is 4.74 Å². The van der Waals surface area contributed by atoms with E-state index in [-0.39, 0.29) is 0 Å². The highest BCUT2D eigenvalue weighted by molar-refractivity contribution is 5.93. The summed E-state index contributed by atoms with van der Waals surface area (Å²) in [5.74, 6) is -0.411. The Hall–Kier alpha value is -1.64. The van der Waals surface area contributed by atoms with Crippen molar-refractivity contribution < 1.29 is 14.3 Å². The topological polar surface area (TPSA) is 43.4 Å². The van der Waals surface area contributed by atoms with Gasteiger partial charge in [-0.15, -0.1) is 0 Å². The molecular formula is C11H12O3. The third-order valence-corrected chi connectivity index (χ3v) is 2.15. The normalized spacial score (nSPS) is 9.64. The van der Waals surface area contributed by atoms with Gasteiger partial charge < -0.3 is 4.74 Å². The minimum Gasteiger partial charge on any atom is -0.465 e. The molecule has 0 saturated heterocycles. The van der Waals surface area contributed by atoms with Gasteiger partial charge in [0.1, 0.15) is 6.29 Å². The minimum atomic E-state index is -0.411. The lowest BCUT2D eigenvalue weighted by atomic mass is 10.0. The number of esters is 1. The van der Waals surface area contributed by atoms with Crippen LogP contribution in [0.2, 0.25) is 0 Å². The molecule has 0 spiro atoms. The molecule has 0 fully saturated rings. The maximum absolute atomic E-state index is 11.3. The van der Waals surface area contributed by atoms with Gasteiger partial charge in [0.25, 0.3) is 0 Å². The fourth-order valence-electron chi connectivity index (χ4n) is 1.33. The van der Waals surface area contributed by atoms with Gasteiger partial charge in [-0.1, -0.05) is 6.07 Å². The van der Waals surface area contributed by atoms with Crippen molar-refractivity contribution in [2.75, 3.05) is 7.11 Å². The Morgan fingerprint density at radius 2 is 1.93 bits per heavy atom. The number of methoxy groups -OCH3 is 1. The molecule has 14 heavy (non-hydrogen) atoms. The molecule has 0 aliphatic rings. The lowest BCUT2D eigenvalue weighted by Gasteiger charge is -2.06. The Labute approximate surface area is 82.7 Å². The number of carbonyl (C=O) groups is 2. The van der Waals surface area contributed by atoms with Gasteiger partial charge in [-0.2, -0.15) is 0 Å². The third kappa shape index (κ3) is 1.82. The Bertz CT molecular complexity index is 380. The van der Waals surface area contributed by atoms with Crippen molar-refractivity contribution in [1.29, 1.82) is 0 Å². The number of aryl methyl sites for hydroxylation is 2. The summed E-state index contributed by atoms with van der Waals surface area (Å²) in [7, 11) is 1.32. The lowest BCUT2D eigenvalue weighted by molar-refractivity contribution is 0.0600. The fraction of sp³-hybridized carbons (Fsp3) is 0.273. The largest absolute Gasteiger partial charge is 0.465 e. The van der Waals surface area contributed by atoms with Crippen molar-refractivity contribution in [3.8, 4) is 0 Å².